The summed E-state index contributed by atoms with van der Waals surface area (Å²) in [6, 6.07) is 15.1. The molecule has 0 radical (unpaired) electrons. The maximum Gasteiger partial charge on any atom is 0.246 e. The van der Waals surface area contributed by atoms with E-state index in [0.717, 1.165) is 22.0 Å². The standard InChI is InChI=1S/C28H29FN4O2/c1-20-7-8-21(17-25(20)29)18-31-28(35)22-11-15-32(16-12-22)27(34)10-9-23-19-33(14-4-13-30)26-6-3-2-5-24(23)26/h2-3,5-10,17,19,22H,4,11-12,14-16,18H2,1H3,(H,31,35)/b10-9+. The molecule has 3 aromatic rings. The van der Waals surface area contributed by atoms with Gasteiger partial charge in [-0.15, -0.1) is 0 Å². The topological polar surface area (TPSA) is 78.1 Å². The molecule has 0 atom stereocenters. The molecule has 0 saturated carbocycles. The number of rotatable bonds is 7. The SMILES string of the molecule is Cc1ccc(CNC(=O)C2CCN(C(=O)/C=C/c3cn(CCC#N)c4ccccc34)CC2)cc1F. The minimum atomic E-state index is -0.275. The van der Waals surface area contributed by atoms with Crippen molar-refractivity contribution in [3.63, 3.8) is 0 Å². The molecule has 1 aromatic heterocycles. The summed E-state index contributed by atoms with van der Waals surface area (Å²) in [6.45, 7) is 3.64. The Kier molecular flexibility index (Phi) is 7.61. The van der Waals surface area contributed by atoms with Crippen LogP contribution in [0.15, 0.2) is 54.7 Å². The lowest BCUT2D eigenvalue weighted by Crippen LogP contribution is -2.42. The number of benzene rings is 2. The highest BCUT2D eigenvalue weighted by Gasteiger charge is 2.26. The number of nitrogens with zero attached hydrogens (tertiary/aromatic N) is 3. The van der Waals surface area contributed by atoms with Crippen molar-refractivity contribution in [2.24, 2.45) is 5.92 Å². The molecule has 35 heavy (non-hydrogen) atoms. The first-order chi connectivity index (χ1) is 17.0. The van der Waals surface area contributed by atoms with Crippen molar-refractivity contribution < 1.29 is 14.0 Å². The number of para-hydroxylation sites is 1. The van der Waals surface area contributed by atoms with Crippen LogP contribution in [0.1, 0.15) is 36.0 Å². The number of aryl methyl sites for hydroxylation is 2. The van der Waals surface area contributed by atoms with Crippen LogP contribution in [0.25, 0.3) is 17.0 Å². The van der Waals surface area contributed by atoms with E-state index in [0.29, 0.717) is 51.0 Å². The van der Waals surface area contributed by atoms with Crippen LogP contribution in [0.2, 0.25) is 0 Å². The summed E-state index contributed by atoms with van der Waals surface area (Å²) in [7, 11) is 0. The first-order valence-corrected chi connectivity index (χ1v) is 11.9. The van der Waals surface area contributed by atoms with E-state index in [1.165, 1.54) is 6.07 Å². The minimum Gasteiger partial charge on any atom is -0.352 e. The Morgan fingerprint density at radius 3 is 2.71 bits per heavy atom. The Hall–Kier alpha value is -3.92. The Balaban J connectivity index is 1.31. The van der Waals surface area contributed by atoms with E-state index in [1.807, 2.05) is 47.2 Å². The van der Waals surface area contributed by atoms with Crippen LogP contribution in [-0.2, 0) is 22.7 Å². The van der Waals surface area contributed by atoms with E-state index < -0.39 is 0 Å². The van der Waals surface area contributed by atoms with Crippen molar-refractivity contribution in [1.29, 1.82) is 5.26 Å². The number of aromatic nitrogens is 1. The highest BCUT2D eigenvalue weighted by atomic mass is 19.1. The van der Waals surface area contributed by atoms with Crippen molar-refractivity contribution >= 4 is 28.8 Å². The number of nitriles is 1. The Morgan fingerprint density at radius 2 is 1.97 bits per heavy atom. The number of hydrogen-bond donors (Lipinski definition) is 1. The van der Waals surface area contributed by atoms with Gasteiger partial charge in [-0.3, -0.25) is 9.59 Å². The van der Waals surface area contributed by atoms with Gasteiger partial charge in [0, 0.05) is 60.8 Å². The van der Waals surface area contributed by atoms with Gasteiger partial charge < -0.3 is 14.8 Å². The first-order valence-electron chi connectivity index (χ1n) is 11.9. The fourth-order valence-corrected chi connectivity index (χ4v) is 4.47. The van der Waals surface area contributed by atoms with E-state index in [4.69, 9.17) is 5.26 Å². The maximum absolute atomic E-state index is 13.7. The molecule has 2 aromatic carbocycles. The van der Waals surface area contributed by atoms with Crippen molar-refractivity contribution in [1.82, 2.24) is 14.8 Å². The molecule has 1 N–H and O–H groups in total. The van der Waals surface area contributed by atoms with Crippen LogP contribution in [0.4, 0.5) is 4.39 Å². The van der Waals surface area contributed by atoms with Gasteiger partial charge >= 0.3 is 0 Å². The number of hydrogen-bond acceptors (Lipinski definition) is 3. The fraction of sp³-hybridized carbons (Fsp3) is 0.321. The molecule has 180 valence electrons. The number of piperidine rings is 1. The summed E-state index contributed by atoms with van der Waals surface area (Å²) < 4.78 is 15.7. The minimum absolute atomic E-state index is 0.0567. The molecule has 0 aliphatic carbocycles. The zero-order valence-electron chi connectivity index (χ0n) is 19.8. The molecule has 0 spiro atoms. The summed E-state index contributed by atoms with van der Waals surface area (Å²) >= 11 is 0. The summed E-state index contributed by atoms with van der Waals surface area (Å²) in [4.78, 5) is 27.1. The molecule has 0 bridgehead atoms. The zero-order valence-corrected chi connectivity index (χ0v) is 19.8. The molecule has 2 heterocycles. The average molecular weight is 473 g/mol. The molecule has 7 heteroatoms. The molecule has 2 amide bonds. The van der Waals surface area contributed by atoms with Gasteiger partial charge in [-0.25, -0.2) is 4.39 Å². The van der Waals surface area contributed by atoms with Gasteiger partial charge in [-0.2, -0.15) is 5.26 Å². The predicted molar refractivity (Wildman–Crippen MR) is 133 cm³/mol. The second-order valence-electron chi connectivity index (χ2n) is 8.94. The maximum atomic E-state index is 13.7. The van der Waals surface area contributed by atoms with E-state index >= 15 is 0 Å². The molecule has 0 unspecified atom stereocenters. The Labute approximate surface area is 204 Å². The second-order valence-corrected chi connectivity index (χ2v) is 8.94. The van der Waals surface area contributed by atoms with E-state index in [1.54, 1.807) is 24.0 Å². The van der Waals surface area contributed by atoms with Gasteiger partial charge in [0.25, 0.3) is 0 Å². The number of carbonyl (C=O) groups is 2. The van der Waals surface area contributed by atoms with Gasteiger partial charge in [0.05, 0.1) is 12.5 Å². The largest absolute Gasteiger partial charge is 0.352 e. The third-order valence-electron chi connectivity index (χ3n) is 6.57. The molecular formula is C28H29FN4O2. The lowest BCUT2D eigenvalue weighted by molar-refractivity contribution is -0.132. The van der Waals surface area contributed by atoms with Crippen LogP contribution in [0.3, 0.4) is 0 Å². The molecule has 1 saturated heterocycles. The molecule has 4 rings (SSSR count). The summed E-state index contributed by atoms with van der Waals surface area (Å²) in [5.41, 5.74) is 3.29. The van der Waals surface area contributed by atoms with Gasteiger partial charge in [-0.1, -0.05) is 30.3 Å². The van der Waals surface area contributed by atoms with Gasteiger partial charge in [0.2, 0.25) is 11.8 Å². The first kappa shape index (κ1) is 24.2. The number of nitrogens with one attached hydrogen (secondary N) is 1. The highest BCUT2D eigenvalue weighted by molar-refractivity contribution is 5.96. The molecule has 6 nitrogen and oxygen atoms in total. The molecular weight excluding hydrogens is 443 g/mol. The lowest BCUT2D eigenvalue weighted by atomic mass is 9.95. The van der Waals surface area contributed by atoms with Crippen LogP contribution < -0.4 is 5.32 Å². The third kappa shape index (κ3) is 5.78. The monoisotopic (exact) mass is 472 g/mol. The molecule has 1 fully saturated rings. The second kappa shape index (κ2) is 11.0. The summed E-state index contributed by atoms with van der Waals surface area (Å²) in [6.07, 6.45) is 7.01. The fourth-order valence-electron chi connectivity index (χ4n) is 4.47. The lowest BCUT2D eigenvalue weighted by Gasteiger charge is -2.30. The number of likely N-dealkylation sites (tertiary alicyclic amines) is 1. The number of carbonyl (C=O) groups excluding carboxylic acids is 2. The predicted octanol–water partition coefficient (Wildman–Crippen LogP) is 4.57. The highest BCUT2D eigenvalue weighted by Crippen LogP contribution is 2.23. The quantitative estimate of drug-likeness (QED) is 0.512. The summed E-state index contributed by atoms with van der Waals surface area (Å²) in [5.74, 6) is -0.563. The van der Waals surface area contributed by atoms with Crippen LogP contribution in [-0.4, -0.2) is 34.4 Å². The van der Waals surface area contributed by atoms with Crippen molar-refractivity contribution in [3.05, 3.63) is 77.2 Å². The van der Waals surface area contributed by atoms with Crippen LogP contribution in [0, 0.1) is 30.0 Å². The molecule has 1 aliphatic heterocycles. The summed E-state index contributed by atoms with van der Waals surface area (Å²) in [5, 5.41) is 12.8. The smallest absolute Gasteiger partial charge is 0.246 e. The van der Waals surface area contributed by atoms with E-state index in [2.05, 4.69) is 11.4 Å². The third-order valence-corrected chi connectivity index (χ3v) is 6.57. The van der Waals surface area contributed by atoms with E-state index in [-0.39, 0.29) is 23.5 Å². The van der Waals surface area contributed by atoms with Crippen molar-refractivity contribution in [2.75, 3.05) is 13.1 Å². The number of halogens is 1. The Bertz CT molecular complexity index is 1300. The van der Waals surface area contributed by atoms with E-state index in [9.17, 15) is 14.0 Å². The van der Waals surface area contributed by atoms with Crippen LogP contribution in [0.5, 0.6) is 0 Å². The zero-order chi connectivity index (χ0) is 24.8. The average Bonchev–Trinajstić information content (AvgIpc) is 3.24. The van der Waals surface area contributed by atoms with Crippen molar-refractivity contribution in [2.45, 2.75) is 39.3 Å². The number of amides is 2. The van der Waals surface area contributed by atoms with Crippen LogP contribution >= 0.6 is 0 Å². The van der Waals surface area contributed by atoms with Crippen molar-refractivity contribution in [3.8, 4) is 6.07 Å². The molecule has 1 aliphatic rings. The van der Waals surface area contributed by atoms with Gasteiger partial charge in [-0.05, 0) is 49.1 Å². The normalized spacial score (nSPS) is 14.4. The van der Waals surface area contributed by atoms with Gasteiger partial charge in [0.15, 0.2) is 0 Å². The van der Waals surface area contributed by atoms with Gasteiger partial charge in [0.1, 0.15) is 5.82 Å². The number of fused-ring (bicyclic) bond motifs is 1. The Morgan fingerprint density at radius 1 is 1.20 bits per heavy atom.